The number of fused-ring (bicyclic) bond motifs is 1. The lowest BCUT2D eigenvalue weighted by atomic mass is 10.1. The van der Waals surface area contributed by atoms with Crippen LogP contribution >= 0.6 is 0 Å². The van der Waals surface area contributed by atoms with Gasteiger partial charge in [-0.3, -0.25) is 14.5 Å². The molecule has 0 saturated heterocycles. The topological polar surface area (TPSA) is 99.8 Å². The Balaban J connectivity index is 1.92. The summed E-state index contributed by atoms with van der Waals surface area (Å²) in [6.07, 6.45) is 3.36. The van der Waals surface area contributed by atoms with Crippen LogP contribution in [0.25, 0.3) is 10.9 Å². The molecular formula is C14H13N5O. The number of anilines is 1. The Morgan fingerprint density at radius 2 is 2.15 bits per heavy atom. The largest absolute Gasteiger partial charge is 0.396 e. The first kappa shape index (κ1) is 12.2. The zero-order valence-corrected chi connectivity index (χ0v) is 10.7. The average Bonchev–Trinajstić information content (AvgIpc) is 2.79. The Morgan fingerprint density at radius 1 is 1.30 bits per heavy atom. The third-order valence-corrected chi connectivity index (χ3v) is 3.04. The molecule has 0 saturated carbocycles. The van der Waals surface area contributed by atoms with Crippen molar-refractivity contribution in [2.45, 2.75) is 6.54 Å². The van der Waals surface area contributed by atoms with Gasteiger partial charge in [0.15, 0.2) is 5.69 Å². The normalized spacial score (nSPS) is 10.8. The second kappa shape index (κ2) is 4.65. The Labute approximate surface area is 115 Å². The number of nitrogens with zero attached hydrogens (tertiary/aromatic N) is 3. The molecule has 1 amide bonds. The molecule has 100 valence electrons. The number of amides is 1. The number of benzene rings is 1. The molecular weight excluding hydrogens is 254 g/mol. The van der Waals surface area contributed by atoms with E-state index in [1.165, 1.54) is 0 Å². The number of nitrogen functional groups attached to an aromatic ring is 1. The fourth-order valence-corrected chi connectivity index (χ4v) is 2.12. The van der Waals surface area contributed by atoms with Crippen LogP contribution in [-0.2, 0) is 6.54 Å². The summed E-state index contributed by atoms with van der Waals surface area (Å²) < 4.78 is 1.60. The van der Waals surface area contributed by atoms with Crippen molar-refractivity contribution >= 4 is 22.5 Å². The maximum Gasteiger partial charge on any atom is 0.271 e. The number of hydrogen-bond acceptors (Lipinski definition) is 4. The molecule has 0 spiro atoms. The van der Waals surface area contributed by atoms with Crippen molar-refractivity contribution in [3.05, 3.63) is 54.0 Å². The van der Waals surface area contributed by atoms with Gasteiger partial charge in [-0.15, -0.1) is 0 Å². The van der Waals surface area contributed by atoms with Gasteiger partial charge >= 0.3 is 0 Å². The van der Waals surface area contributed by atoms with Crippen LogP contribution in [0.1, 0.15) is 16.1 Å². The van der Waals surface area contributed by atoms with Crippen molar-refractivity contribution in [2.24, 2.45) is 5.73 Å². The van der Waals surface area contributed by atoms with Crippen molar-refractivity contribution in [3.63, 3.8) is 0 Å². The summed E-state index contributed by atoms with van der Waals surface area (Å²) in [6.45, 7) is 0.516. The molecule has 6 nitrogen and oxygen atoms in total. The predicted molar refractivity (Wildman–Crippen MR) is 76.0 cm³/mol. The smallest absolute Gasteiger partial charge is 0.271 e. The zero-order chi connectivity index (χ0) is 14.1. The highest BCUT2D eigenvalue weighted by Crippen LogP contribution is 2.15. The third-order valence-electron chi connectivity index (χ3n) is 3.04. The highest BCUT2D eigenvalue weighted by molar-refractivity contribution is 5.95. The van der Waals surface area contributed by atoms with Gasteiger partial charge in [0.1, 0.15) is 0 Å². The van der Waals surface area contributed by atoms with E-state index in [1.54, 1.807) is 17.1 Å². The predicted octanol–water partition coefficient (Wildman–Crippen LogP) is 1.16. The van der Waals surface area contributed by atoms with Gasteiger partial charge in [-0.1, -0.05) is 12.1 Å². The number of hydrogen-bond donors (Lipinski definition) is 2. The Kier molecular flexibility index (Phi) is 2.83. The fourth-order valence-electron chi connectivity index (χ4n) is 2.12. The summed E-state index contributed by atoms with van der Waals surface area (Å²) in [5.41, 5.74) is 13.3. The van der Waals surface area contributed by atoms with E-state index in [4.69, 9.17) is 11.5 Å². The zero-order valence-electron chi connectivity index (χ0n) is 10.7. The van der Waals surface area contributed by atoms with Crippen molar-refractivity contribution < 1.29 is 4.79 Å². The molecule has 2 aromatic heterocycles. The highest BCUT2D eigenvalue weighted by atomic mass is 16.1. The van der Waals surface area contributed by atoms with E-state index >= 15 is 0 Å². The molecule has 2 heterocycles. The van der Waals surface area contributed by atoms with E-state index in [1.807, 2.05) is 30.3 Å². The molecule has 20 heavy (non-hydrogen) atoms. The van der Waals surface area contributed by atoms with E-state index in [0.29, 0.717) is 12.2 Å². The highest BCUT2D eigenvalue weighted by Gasteiger charge is 2.11. The van der Waals surface area contributed by atoms with E-state index in [-0.39, 0.29) is 5.69 Å². The van der Waals surface area contributed by atoms with Crippen LogP contribution in [0.15, 0.2) is 42.7 Å². The van der Waals surface area contributed by atoms with Crippen LogP contribution in [0.5, 0.6) is 0 Å². The molecule has 0 fully saturated rings. The standard InChI is InChI=1S/C14H13N5O/c15-11-8-19(18-13(11)14(16)20)7-9-3-4-12-10(6-9)2-1-5-17-12/h1-6,8H,7,15H2,(H2,16,20). The lowest BCUT2D eigenvalue weighted by molar-refractivity contribution is 0.0995. The van der Waals surface area contributed by atoms with Gasteiger partial charge in [0.05, 0.1) is 17.7 Å². The summed E-state index contributed by atoms with van der Waals surface area (Å²) in [5.74, 6) is -0.621. The van der Waals surface area contributed by atoms with Gasteiger partial charge in [0.25, 0.3) is 5.91 Å². The fraction of sp³-hybridized carbons (Fsp3) is 0.0714. The number of carbonyl (C=O) groups is 1. The number of pyridine rings is 1. The van der Waals surface area contributed by atoms with E-state index in [0.717, 1.165) is 16.5 Å². The number of rotatable bonds is 3. The van der Waals surface area contributed by atoms with Crippen LogP contribution in [0, 0.1) is 0 Å². The SMILES string of the molecule is NC(=O)c1nn(Cc2ccc3ncccc3c2)cc1N. The molecule has 0 aliphatic carbocycles. The van der Waals surface area contributed by atoms with Gasteiger partial charge in [0, 0.05) is 17.8 Å². The first-order valence-electron chi connectivity index (χ1n) is 6.10. The Morgan fingerprint density at radius 3 is 2.90 bits per heavy atom. The monoisotopic (exact) mass is 267 g/mol. The van der Waals surface area contributed by atoms with Gasteiger partial charge in [-0.05, 0) is 23.8 Å². The van der Waals surface area contributed by atoms with Crippen LogP contribution in [-0.4, -0.2) is 20.7 Å². The van der Waals surface area contributed by atoms with Crippen LogP contribution in [0.2, 0.25) is 0 Å². The lowest BCUT2D eigenvalue weighted by Crippen LogP contribution is -2.14. The van der Waals surface area contributed by atoms with Crippen molar-refractivity contribution in [3.8, 4) is 0 Å². The van der Waals surface area contributed by atoms with Crippen LogP contribution in [0.4, 0.5) is 5.69 Å². The molecule has 3 rings (SSSR count). The number of carbonyl (C=O) groups excluding carboxylic acids is 1. The lowest BCUT2D eigenvalue weighted by Gasteiger charge is -2.03. The summed E-state index contributed by atoms with van der Waals surface area (Å²) in [4.78, 5) is 15.4. The van der Waals surface area contributed by atoms with Crippen molar-refractivity contribution in [1.29, 1.82) is 0 Å². The Bertz CT molecular complexity index is 793. The number of aromatic nitrogens is 3. The molecule has 0 radical (unpaired) electrons. The molecule has 0 unspecified atom stereocenters. The molecule has 0 bridgehead atoms. The second-order valence-electron chi connectivity index (χ2n) is 4.53. The first-order valence-corrected chi connectivity index (χ1v) is 6.10. The van der Waals surface area contributed by atoms with Gasteiger partial charge in [-0.2, -0.15) is 5.10 Å². The molecule has 4 N–H and O–H groups in total. The molecule has 0 aliphatic rings. The molecule has 0 aliphatic heterocycles. The molecule has 1 aromatic carbocycles. The van der Waals surface area contributed by atoms with Crippen LogP contribution in [0.3, 0.4) is 0 Å². The van der Waals surface area contributed by atoms with Crippen LogP contribution < -0.4 is 11.5 Å². The minimum atomic E-state index is -0.621. The first-order chi connectivity index (χ1) is 9.63. The van der Waals surface area contributed by atoms with E-state index in [2.05, 4.69) is 10.1 Å². The number of nitrogens with two attached hydrogens (primary N) is 2. The summed E-state index contributed by atoms with van der Waals surface area (Å²) >= 11 is 0. The van der Waals surface area contributed by atoms with E-state index < -0.39 is 5.91 Å². The van der Waals surface area contributed by atoms with E-state index in [9.17, 15) is 4.79 Å². The molecule has 6 heteroatoms. The quantitative estimate of drug-likeness (QED) is 0.743. The minimum Gasteiger partial charge on any atom is -0.396 e. The maximum absolute atomic E-state index is 11.1. The number of primary amides is 1. The minimum absolute atomic E-state index is 0.104. The maximum atomic E-state index is 11.1. The third kappa shape index (κ3) is 2.18. The van der Waals surface area contributed by atoms with Crippen molar-refractivity contribution in [2.75, 3.05) is 5.73 Å². The molecule has 3 aromatic rings. The van der Waals surface area contributed by atoms with Gasteiger partial charge < -0.3 is 11.5 Å². The van der Waals surface area contributed by atoms with Gasteiger partial charge in [-0.25, -0.2) is 0 Å². The Hall–Kier alpha value is -2.89. The molecule has 0 atom stereocenters. The summed E-state index contributed by atoms with van der Waals surface area (Å²) in [5, 5.41) is 5.14. The van der Waals surface area contributed by atoms with Gasteiger partial charge in [0.2, 0.25) is 0 Å². The van der Waals surface area contributed by atoms with Crippen molar-refractivity contribution in [1.82, 2.24) is 14.8 Å². The second-order valence-corrected chi connectivity index (χ2v) is 4.53. The summed E-state index contributed by atoms with van der Waals surface area (Å²) in [6, 6.07) is 9.84. The average molecular weight is 267 g/mol. The summed E-state index contributed by atoms with van der Waals surface area (Å²) in [7, 11) is 0.